The number of methoxy groups -OCH3 is 1. The Morgan fingerprint density at radius 2 is 2.29 bits per heavy atom. The zero-order valence-corrected chi connectivity index (χ0v) is 8.75. The van der Waals surface area contributed by atoms with E-state index in [1.807, 2.05) is 0 Å². The summed E-state index contributed by atoms with van der Waals surface area (Å²) in [5.74, 6) is 1.50. The van der Waals surface area contributed by atoms with Crippen LogP contribution in [0.2, 0.25) is 0 Å². The van der Waals surface area contributed by atoms with Gasteiger partial charge in [0.2, 0.25) is 0 Å². The third-order valence-electron chi connectivity index (χ3n) is 3.59. The van der Waals surface area contributed by atoms with Crippen LogP contribution in [0.5, 0.6) is 0 Å². The van der Waals surface area contributed by atoms with Gasteiger partial charge in [-0.3, -0.25) is 4.79 Å². The Morgan fingerprint density at radius 3 is 3.00 bits per heavy atom. The molecule has 76 valence electrons. The number of rotatable bonds is 1. The molecule has 0 heterocycles. The topological polar surface area (TPSA) is 26.3 Å². The van der Waals surface area contributed by atoms with Gasteiger partial charge in [-0.1, -0.05) is 19.1 Å². The molecule has 0 aromatic heterocycles. The number of ketones is 1. The van der Waals surface area contributed by atoms with Crippen LogP contribution < -0.4 is 0 Å². The molecule has 0 bridgehead atoms. The second-order valence-corrected chi connectivity index (χ2v) is 4.41. The van der Waals surface area contributed by atoms with Gasteiger partial charge in [-0.25, -0.2) is 0 Å². The molecule has 2 aliphatic rings. The molecule has 0 unspecified atom stereocenters. The zero-order valence-electron chi connectivity index (χ0n) is 8.75. The predicted octanol–water partition coefficient (Wildman–Crippen LogP) is 2.46. The van der Waals surface area contributed by atoms with Gasteiger partial charge >= 0.3 is 0 Å². The second-order valence-electron chi connectivity index (χ2n) is 4.41. The van der Waals surface area contributed by atoms with E-state index in [1.54, 1.807) is 13.2 Å². The van der Waals surface area contributed by atoms with Crippen LogP contribution in [0.4, 0.5) is 0 Å². The predicted molar refractivity (Wildman–Crippen MR) is 54.7 cm³/mol. The summed E-state index contributed by atoms with van der Waals surface area (Å²) in [7, 11) is 1.64. The van der Waals surface area contributed by atoms with Gasteiger partial charge in [0, 0.05) is 17.9 Å². The minimum absolute atomic E-state index is 0.170. The van der Waals surface area contributed by atoms with E-state index in [-0.39, 0.29) is 11.2 Å². The first kappa shape index (κ1) is 9.50. The van der Waals surface area contributed by atoms with Gasteiger partial charge in [0.05, 0.1) is 12.9 Å². The minimum atomic E-state index is -0.170. The Morgan fingerprint density at radius 1 is 1.50 bits per heavy atom. The number of fused-ring (bicyclic) bond motifs is 1. The molecule has 0 saturated heterocycles. The fraction of sp³-hybridized carbons (Fsp3) is 0.583. The first-order chi connectivity index (χ1) is 6.66. The average molecular weight is 192 g/mol. The van der Waals surface area contributed by atoms with E-state index < -0.39 is 0 Å². The van der Waals surface area contributed by atoms with Crippen molar-refractivity contribution < 1.29 is 9.53 Å². The molecule has 14 heavy (non-hydrogen) atoms. The summed E-state index contributed by atoms with van der Waals surface area (Å²) in [6.07, 6.45) is 8.77. The van der Waals surface area contributed by atoms with Crippen LogP contribution in [-0.2, 0) is 9.53 Å². The Bertz CT molecular complexity index is 314. The fourth-order valence-corrected chi connectivity index (χ4v) is 2.38. The molecule has 2 nitrogen and oxygen atoms in total. The molecule has 0 amide bonds. The zero-order chi connectivity index (χ0) is 10.2. The van der Waals surface area contributed by atoms with Crippen molar-refractivity contribution in [3.05, 3.63) is 24.0 Å². The van der Waals surface area contributed by atoms with Gasteiger partial charge in [0.1, 0.15) is 0 Å². The van der Waals surface area contributed by atoms with E-state index >= 15 is 0 Å². The van der Waals surface area contributed by atoms with Gasteiger partial charge in [-0.05, 0) is 18.8 Å². The molecular formula is C12H16O2. The van der Waals surface area contributed by atoms with Crippen molar-refractivity contribution in [1.29, 1.82) is 0 Å². The van der Waals surface area contributed by atoms with Gasteiger partial charge in [-0.2, -0.15) is 0 Å². The lowest BCUT2D eigenvalue weighted by Gasteiger charge is -2.40. The molecular weight excluding hydrogens is 176 g/mol. The number of allylic oxidation sites excluding steroid dienone is 4. The van der Waals surface area contributed by atoms with Crippen LogP contribution >= 0.6 is 0 Å². The number of carbonyl (C=O) groups excluding carboxylic acids is 1. The summed E-state index contributed by atoms with van der Waals surface area (Å²) in [5, 5.41) is 0. The molecule has 0 radical (unpaired) electrons. The fourth-order valence-electron chi connectivity index (χ4n) is 2.38. The van der Waals surface area contributed by atoms with Crippen LogP contribution in [0, 0.1) is 11.3 Å². The minimum Gasteiger partial charge on any atom is -0.501 e. The summed E-state index contributed by atoms with van der Waals surface area (Å²) in [5.41, 5.74) is -0.170. The molecule has 2 atom stereocenters. The monoisotopic (exact) mass is 192 g/mol. The molecule has 0 fully saturated rings. The number of hydrogen-bond donors (Lipinski definition) is 0. The van der Waals surface area contributed by atoms with Crippen molar-refractivity contribution in [3.8, 4) is 0 Å². The van der Waals surface area contributed by atoms with Crippen LogP contribution in [0.25, 0.3) is 0 Å². The maximum Gasteiger partial charge on any atom is 0.165 e. The highest BCUT2D eigenvalue weighted by molar-refractivity contribution is 5.96. The molecule has 2 rings (SSSR count). The maximum absolute atomic E-state index is 11.9. The van der Waals surface area contributed by atoms with Crippen molar-refractivity contribution in [1.82, 2.24) is 0 Å². The first-order valence-electron chi connectivity index (χ1n) is 5.11. The third kappa shape index (κ3) is 1.29. The van der Waals surface area contributed by atoms with E-state index in [0.717, 1.165) is 25.0 Å². The second kappa shape index (κ2) is 3.26. The molecule has 0 N–H and O–H groups in total. The molecule has 0 aromatic carbocycles. The van der Waals surface area contributed by atoms with Crippen molar-refractivity contribution >= 4 is 5.78 Å². The Kier molecular flexibility index (Phi) is 2.22. The number of ether oxygens (including phenoxy) is 1. The van der Waals surface area contributed by atoms with Crippen LogP contribution in [-0.4, -0.2) is 12.9 Å². The Labute approximate surface area is 84.6 Å². The van der Waals surface area contributed by atoms with E-state index in [1.165, 1.54) is 0 Å². The normalized spacial score (nSPS) is 36.3. The van der Waals surface area contributed by atoms with Gasteiger partial charge in [0.25, 0.3) is 0 Å². The van der Waals surface area contributed by atoms with E-state index in [2.05, 4.69) is 19.1 Å². The van der Waals surface area contributed by atoms with Crippen molar-refractivity contribution in [2.24, 2.45) is 11.3 Å². The van der Waals surface area contributed by atoms with Gasteiger partial charge in [-0.15, -0.1) is 0 Å². The standard InChI is InChI=1S/C12H16O2/c1-12-6-4-3-5-9(12)7-10(14-2)8-11(12)13/h3-4,8-9H,5-7H2,1-2H3/t9-,12+/m0/s1. The highest BCUT2D eigenvalue weighted by Gasteiger charge is 2.43. The molecule has 0 aromatic rings. The molecule has 2 heteroatoms. The van der Waals surface area contributed by atoms with Crippen molar-refractivity contribution in [2.75, 3.05) is 7.11 Å². The van der Waals surface area contributed by atoms with E-state index in [4.69, 9.17) is 4.74 Å². The average Bonchev–Trinajstić information content (AvgIpc) is 2.19. The lowest BCUT2D eigenvalue weighted by atomic mass is 9.63. The summed E-state index contributed by atoms with van der Waals surface area (Å²) in [6.45, 7) is 2.08. The summed E-state index contributed by atoms with van der Waals surface area (Å²) in [4.78, 5) is 11.9. The molecule has 0 aliphatic heterocycles. The molecule has 2 aliphatic carbocycles. The van der Waals surface area contributed by atoms with E-state index in [0.29, 0.717) is 5.92 Å². The van der Waals surface area contributed by atoms with E-state index in [9.17, 15) is 4.79 Å². The highest BCUT2D eigenvalue weighted by Crippen LogP contribution is 2.45. The van der Waals surface area contributed by atoms with Gasteiger partial charge < -0.3 is 4.74 Å². The lowest BCUT2D eigenvalue weighted by Crippen LogP contribution is -2.39. The summed E-state index contributed by atoms with van der Waals surface area (Å²) in [6, 6.07) is 0. The van der Waals surface area contributed by atoms with Crippen LogP contribution in [0.15, 0.2) is 24.0 Å². The number of hydrogen-bond acceptors (Lipinski definition) is 2. The number of carbonyl (C=O) groups is 1. The summed E-state index contributed by atoms with van der Waals surface area (Å²) < 4.78 is 5.17. The van der Waals surface area contributed by atoms with Gasteiger partial charge in [0.15, 0.2) is 5.78 Å². The first-order valence-corrected chi connectivity index (χ1v) is 5.11. The highest BCUT2D eigenvalue weighted by atomic mass is 16.5. The molecule has 0 spiro atoms. The Hall–Kier alpha value is -1.05. The lowest BCUT2D eigenvalue weighted by molar-refractivity contribution is -0.127. The van der Waals surface area contributed by atoms with Crippen LogP contribution in [0.1, 0.15) is 26.2 Å². The quantitative estimate of drug-likeness (QED) is 0.596. The Balaban J connectivity index is 2.32. The molecule has 0 saturated carbocycles. The SMILES string of the molecule is COC1=CC(=O)[C@]2(C)CC=CC[C@H]2C1. The summed E-state index contributed by atoms with van der Waals surface area (Å²) >= 11 is 0. The maximum atomic E-state index is 11.9. The smallest absolute Gasteiger partial charge is 0.165 e. The van der Waals surface area contributed by atoms with Crippen LogP contribution in [0.3, 0.4) is 0 Å². The van der Waals surface area contributed by atoms with Crippen molar-refractivity contribution in [2.45, 2.75) is 26.2 Å². The van der Waals surface area contributed by atoms with Crippen molar-refractivity contribution in [3.63, 3.8) is 0 Å². The third-order valence-corrected chi connectivity index (χ3v) is 3.59. The largest absolute Gasteiger partial charge is 0.501 e.